The molecule has 0 spiro atoms. The van der Waals surface area contributed by atoms with Gasteiger partial charge >= 0.3 is 0 Å². The summed E-state index contributed by atoms with van der Waals surface area (Å²) in [6.45, 7) is 4.14. The third kappa shape index (κ3) is 3.30. The van der Waals surface area contributed by atoms with Crippen molar-refractivity contribution in [1.82, 2.24) is 0 Å². The van der Waals surface area contributed by atoms with Gasteiger partial charge in [0.15, 0.2) is 0 Å². The Morgan fingerprint density at radius 2 is 1.68 bits per heavy atom. The van der Waals surface area contributed by atoms with Crippen LogP contribution in [0.2, 0.25) is 10.0 Å². The molecule has 0 aliphatic rings. The Labute approximate surface area is 124 Å². The van der Waals surface area contributed by atoms with Gasteiger partial charge in [-0.15, -0.1) is 0 Å². The summed E-state index contributed by atoms with van der Waals surface area (Å²) in [4.78, 5) is 0. The smallest absolute Gasteiger partial charge is 0.0453 e. The number of rotatable bonds is 3. The topological polar surface area (TPSA) is 26.0 Å². The lowest BCUT2D eigenvalue weighted by atomic mass is 9.94. The summed E-state index contributed by atoms with van der Waals surface area (Å²) in [5.41, 5.74) is 10.8. The Bertz CT molecular complexity index is 573. The summed E-state index contributed by atoms with van der Waals surface area (Å²) in [6, 6.07) is 11.8. The number of nitrogens with two attached hydrogens (primary N) is 1. The van der Waals surface area contributed by atoms with Crippen LogP contribution < -0.4 is 5.73 Å². The van der Waals surface area contributed by atoms with E-state index in [1.807, 2.05) is 18.2 Å². The minimum Gasteiger partial charge on any atom is -0.324 e. The van der Waals surface area contributed by atoms with Crippen LogP contribution in [0.15, 0.2) is 36.4 Å². The molecule has 0 bridgehead atoms. The van der Waals surface area contributed by atoms with Crippen LogP contribution in [0, 0.1) is 13.8 Å². The third-order valence-corrected chi connectivity index (χ3v) is 4.03. The van der Waals surface area contributed by atoms with Crippen molar-refractivity contribution in [1.29, 1.82) is 0 Å². The summed E-state index contributed by atoms with van der Waals surface area (Å²) >= 11 is 12.4. The quantitative estimate of drug-likeness (QED) is 0.860. The van der Waals surface area contributed by atoms with Crippen molar-refractivity contribution in [2.75, 3.05) is 0 Å². The highest BCUT2D eigenvalue weighted by Gasteiger charge is 2.14. The SMILES string of the molecule is Cc1ccc(C)c(C(N)Cc2c(Cl)cccc2Cl)c1. The lowest BCUT2D eigenvalue weighted by molar-refractivity contribution is 0.716. The maximum Gasteiger partial charge on any atom is 0.0453 e. The first kappa shape index (κ1) is 14.4. The van der Waals surface area contributed by atoms with Gasteiger partial charge in [-0.3, -0.25) is 0 Å². The molecule has 2 N–H and O–H groups in total. The van der Waals surface area contributed by atoms with Crippen molar-refractivity contribution in [3.05, 3.63) is 68.7 Å². The Balaban J connectivity index is 2.31. The Hall–Kier alpha value is -1.02. The van der Waals surface area contributed by atoms with Gasteiger partial charge in [-0.1, -0.05) is 53.0 Å². The highest BCUT2D eigenvalue weighted by Crippen LogP contribution is 2.29. The minimum atomic E-state index is -0.0997. The van der Waals surface area contributed by atoms with Gasteiger partial charge in [-0.2, -0.15) is 0 Å². The normalized spacial score (nSPS) is 12.5. The molecule has 19 heavy (non-hydrogen) atoms. The fraction of sp³-hybridized carbons (Fsp3) is 0.250. The Morgan fingerprint density at radius 1 is 1.05 bits per heavy atom. The number of hydrogen-bond donors (Lipinski definition) is 1. The maximum atomic E-state index is 6.32. The van der Waals surface area contributed by atoms with E-state index in [1.54, 1.807) is 0 Å². The second-order valence-electron chi connectivity index (χ2n) is 4.87. The summed E-state index contributed by atoms with van der Waals surface area (Å²) in [5, 5.41) is 1.35. The van der Waals surface area contributed by atoms with Gasteiger partial charge in [0.25, 0.3) is 0 Å². The molecule has 2 aromatic rings. The summed E-state index contributed by atoms with van der Waals surface area (Å²) in [5.74, 6) is 0. The van der Waals surface area contributed by atoms with Crippen LogP contribution in [0.4, 0.5) is 0 Å². The number of aryl methyl sites for hydroxylation is 2. The van der Waals surface area contributed by atoms with Crippen molar-refractivity contribution in [3.63, 3.8) is 0 Å². The number of benzene rings is 2. The van der Waals surface area contributed by atoms with Gasteiger partial charge in [0.05, 0.1) is 0 Å². The largest absolute Gasteiger partial charge is 0.324 e. The second kappa shape index (κ2) is 5.96. The standard InChI is InChI=1S/C16H17Cl2N/c1-10-6-7-11(2)12(8-10)16(19)9-13-14(17)4-3-5-15(13)18/h3-8,16H,9,19H2,1-2H3. The van der Waals surface area contributed by atoms with Crippen molar-refractivity contribution in [3.8, 4) is 0 Å². The third-order valence-electron chi connectivity index (χ3n) is 3.32. The van der Waals surface area contributed by atoms with Crippen LogP contribution in [0.25, 0.3) is 0 Å². The molecule has 0 aliphatic carbocycles. The Kier molecular flexibility index (Phi) is 4.51. The van der Waals surface area contributed by atoms with Crippen molar-refractivity contribution in [2.24, 2.45) is 5.73 Å². The Morgan fingerprint density at radius 3 is 2.32 bits per heavy atom. The molecule has 3 heteroatoms. The highest BCUT2D eigenvalue weighted by molar-refractivity contribution is 6.36. The summed E-state index contributed by atoms with van der Waals surface area (Å²) in [6.07, 6.45) is 0.642. The van der Waals surface area contributed by atoms with E-state index < -0.39 is 0 Å². The van der Waals surface area contributed by atoms with Gasteiger partial charge in [0, 0.05) is 16.1 Å². The van der Waals surface area contributed by atoms with Gasteiger partial charge in [0.1, 0.15) is 0 Å². The molecular weight excluding hydrogens is 277 g/mol. The molecule has 0 saturated heterocycles. The van der Waals surface area contributed by atoms with E-state index in [0.717, 1.165) is 11.1 Å². The zero-order valence-corrected chi connectivity index (χ0v) is 12.6. The lowest BCUT2D eigenvalue weighted by Gasteiger charge is -2.17. The summed E-state index contributed by atoms with van der Waals surface area (Å²) in [7, 11) is 0. The van der Waals surface area contributed by atoms with Crippen LogP contribution in [0.3, 0.4) is 0 Å². The lowest BCUT2D eigenvalue weighted by Crippen LogP contribution is -2.15. The van der Waals surface area contributed by atoms with Crippen molar-refractivity contribution in [2.45, 2.75) is 26.3 Å². The molecule has 0 saturated carbocycles. The fourth-order valence-electron chi connectivity index (χ4n) is 2.22. The summed E-state index contributed by atoms with van der Waals surface area (Å²) < 4.78 is 0. The van der Waals surface area contributed by atoms with E-state index in [0.29, 0.717) is 16.5 Å². The average molecular weight is 294 g/mol. The van der Waals surface area contributed by atoms with Gasteiger partial charge < -0.3 is 5.73 Å². The molecule has 0 aliphatic heterocycles. The number of halogens is 2. The van der Waals surface area contributed by atoms with E-state index in [1.165, 1.54) is 11.1 Å². The van der Waals surface area contributed by atoms with Gasteiger partial charge in [0.2, 0.25) is 0 Å². The van der Waals surface area contributed by atoms with Crippen LogP contribution >= 0.6 is 23.2 Å². The molecule has 1 nitrogen and oxygen atoms in total. The van der Waals surface area contributed by atoms with E-state index in [-0.39, 0.29) is 6.04 Å². The molecule has 2 aromatic carbocycles. The molecule has 0 amide bonds. The van der Waals surface area contributed by atoms with Crippen molar-refractivity contribution >= 4 is 23.2 Å². The van der Waals surface area contributed by atoms with E-state index >= 15 is 0 Å². The van der Waals surface area contributed by atoms with Crippen LogP contribution in [0.5, 0.6) is 0 Å². The molecule has 0 fully saturated rings. The second-order valence-corrected chi connectivity index (χ2v) is 5.69. The van der Waals surface area contributed by atoms with Gasteiger partial charge in [-0.25, -0.2) is 0 Å². The molecule has 0 heterocycles. The molecule has 0 radical (unpaired) electrons. The predicted molar refractivity (Wildman–Crippen MR) is 83.0 cm³/mol. The molecule has 100 valence electrons. The first-order valence-electron chi connectivity index (χ1n) is 6.24. The van der Waals surface area contributed by atoms with Crippen LogP contribution in [0.1, 0.15) is 28.3 Å². The monoisotopic (exact) mass is 293 g/mol. The van der Waals surface area contributed by atoms with Gasteiger partial charge in [-0.05, 0) is 49.1 Å². The molecule has 2 rings (SSSR count). The molecule has 0 aromatic heterocycles. The molecule has 1 unspecified atom stereocenters. The van der Waals surface area contributed by atoms with E-state index in [4.69, 9.17) is 28.9 Å². The van der Waals surface area contributed by atoms with Crippen molar-refractivity contribution < 1.29 is 0 Å². The average Bonchev–Trinajstić information content (AvgIpc) is 2.37. The highest BCUT2D eigenvalue weighted by atomic mass is 35.5. The zero-order valence-electron chi connectivity index (χ0n) is 11.1. The molecular formula is C16H17Cl2N. The first-order valence-corrected chi connectivity index (χ1v) is 7.00. The van der Waals surface area contributed by atoms with E-state index in [9.17, 15) is 0 Å². The fourth-order valence-corrected chi connectivity index (χ4v) is 2.77. The van der Waals surface area contributed by atoms with Crippen LogP contribution in [-0.4, -0.2) is 0 Å². The maximum absolute atomic E-state index is 6.32. The predicted octanol–water partition coefficient (Wildman–Crippen LogP) is 4.85. The van der Waals surface area contributed by atoms with E-state index in [2.05, 4.69) is 32.0 Å². The first-order chi connectivity index (χ1) is 8.99. The minimum absolute atomic E-state index is 0.0997. The van der Waals surface area contributed by atoms with Crippen LogP contribution in [-0.2, 0) is 6.42 Å². The number of hydrogen-bond acceptors (Lipinski definition) is 1. The molecule has 1 atom stereocenters. The zero-order chi connectivity index (χ0) is 14.0.